The fourth-order valence-corrected chi connectivity index (χ4v) is 4.34. The molecule has 10 heteroatoms. The third-order valence-corrected chi connectivity index (χ3v) is 6.29. The van der Waals surface area contributed by atoms with Crippen LogP contribution in [0.3, 0.4) is 0 Å². The summed E-state index contributed by atoms with van der Waals surface area (Å²) in [7, 11) is 4.49. The van der Waals surface area contributed by atoms with E-state index in [2.05, 4.69) is 4.98 Å². The SMILES string of the molecule is COc1ccc(C(=O)CSc2nc3c(c(=O)n(C)c(=O)n3C)n2Cc2ccc(F)cc2)cc1. The van der Waals surface area contributed by atoms with E-state index >= 15 is 0 Å². The van der Waals surface area contributed by atoms with Gasteiger partial charge in [-0.25, -0.2) is 14.2 Å². The number of fused-ring (bicyclic) bond motifs is 1. The number of hydrogen-bond acceptors (Lipinski definition) is 6. The highest BCUT2D eigenvalue weighted by molar-refractivity contribution is 7.99. The zero-order valence-electron chi connectivity index (χ0n) is 18.2. The normalized spacial score (nSPS) is 11.2. The first-order chi connectivity index (χ1) is 15.8. The minimum atomic E-state index is -0.496. The van der Waals surface area contributed by atoms with Crippen molar-refractivity contribution >= 4 is 28.7 Å². The van der Waals surface area contributed by atoms with Gasteiger partial charge in [0.05, 0.1) is 19.4 Å². The van der Waals surface area contributed by atoms with Crippen LogP contribution in [0.25, 0.3) is 11.2 Å². The molecule has 0 amide bonds. The Morgan fingerprint density at radius 3 is 2.33 bits per heavy atom. The van der Waals surface area contributed by atoms with E-state index in [-0.39, 0.29) is 35.1 Å². The maximum atomic E-state index is 13.4. The van der Waals surface area contributed by atoms with E-state index in [1.807, 2.05) is 0 Å². The number of carbonyl (C=O) groups is 1. The van der Waals surface area contributed by atoms with Gasteiger partial charge in [-0.2, -0.15) is 0 Å². The third kappa shape index (κ3) is 4.34. The summed E-state index contributed by atoms with van der Waals surface area (Å²) in [6.07, 6.45) is 0. The maximum Gasteiger partial charge on any atom is 0.332 e. The van der Waals surface area contributed by atoms with Gasteiger partial charge in [-0.1, -0.05) is 23.9 Å². The van der Waals surface area contributed by atoms with Gasteiger partial charge < -0.3 is 9.30 Å². The molecule has 0 aliphatic carbocycles. The van der Waals surface area contributed by atoms with Crippen molar-refractivity contribution in [2.24, 2.45) is 14.1 Å². The van der Waals surface area contributed by atoms with Crippen molar-refractivity contribution in [1.82, 2.24) is 18.7 Å². The molecular weight excluding hydrogens is 447 g/mol. The van der Waals surface area contributed by atoms with Crippen LogP contribution in [-0.2, 0) is 20.6 Å². The molecule has 0 bridgehead atoms. The number of benzene rings is 2. The van der Waals surface area contributed by atoms with Gasteiger partial charge >= 0.3 is 5.69 Å². The van der Waals surface area contributed by atoms with E-state index < -0.39 is 11.2 Å². The number of aryl methyl sites for hydroxylation is 1. The highest BCUT2D eigenvalue weighted by Gasteiger charge is 2.20. The molecule has 2 heterocycles. The lowest BCUT2D eigenvalue weighted by atomic mass is 10.1. The van der Waals surface area contributed by atoms with Gasteiger partial charge in [-0.05, 0) is 42.0 Å². The summed E-state index contributed by atoms with van der Waals surface area (Å²) in [6, 6.07) is 12.7. The molecule has 0 spiro atoms. The molecule has 0 N–H and O–H groups in total. The second-order valence-corrected chi connectivity index (χ2v) is 8.37. The van der Waals surface area contributed by atoms with Crippen molar-refractivity contribution in [3.8, 4) is 5.75 Å². The molecular formula is C23H21FN4O4S. The van der Waals surface area contributed by atoms with Crippen molar-refractivity contribution in [2.75, 3.05) is 12.9 Å². The number of ketones is 1. The first kappa shape index (κ1) is 22.5. The summed E-state index contributed by atoms with van der Waals surface area (Å²) >= 11 is 1.17. The van der Waals surface area contributed by atoms with Gasteiger partial charge in [-0.15, -0.1) is 0 Å². The number of nitrogens with zero attached hydrogens (tertiary/aromatic N) is 4. The number of ether oxygens (including phenoxy) is 1. The van der Waals surface area contributed by atoms with Crippen LogP contribution < -0.4 is 16.0 Å². The molecule has 0 aliphatic rings. The highest BCUT2D eigenvalue weighted by atomic mass is 32.2. The minimum absolute atomic E-state index is 0.0767. The summed E-state index contributed by atoms with van der Waals surface area (Å²) in [6.45, 7) is 0.225. The summed E-state index contributed by atoms with van der Waals surface area (Å²) in [5.41, 5.74) is 0.747. The van der Waals surface area contributed by atoms with Gasteiger partial charge in [-0.3, -0.25) is 18.7 Å². The zero-order valence-corrected chi connectivity index (χ0v) is 19.1. The Morgan fingerprint density at radius 1 is 1.03 bits per heavy atom. The molecule has 0 aliphatic heterocycles. The first-order valence-electron chi connectivity index (χ1n) is 10.0. The number of rotatable bonds is 7. The van der Waals surface area contributed by atoms with Gasteiger partial charge in [0.25, 0.3) is 5.56 Å². The molecule has 4 aromatic rings. The average molecular weight is 469 g/mol. The molecule has 0 fully saturated rings. The molecule has 170 valence electrons. The van der Waals surface area contributed by atoms with Gasteiger partial charge in [0.2, 0.25) is 0 Å². The smallest absolute Gasteiger partial charge is 0.332 e. The lowest BCUT2D eigenvalue weighted by Gasteiger charge is -2.10. The molecule has 33 heavy (non-hydrogen) atoms. The summed E-state index contributed by atoms with van der Waals surface area (Å²) in [4.78, 5) is 42.6. The summed E-state index contributed by atoms with van der Waals surface area (Å²) in [5, 5.41) is 0.412. The summed E-state index contributed by atoms with van der Waals surface area (Å²) < 4.78 is 22.5. The van der Waals surface area contributed by atoms with Crippen LogP contribution >= 0.6 is 11.8 Å². The number of aromatic nitrogens is 4. The predicted octanol–water partition coefficient (Wildman–Crippen LogP) is 2.60. The maximum absolute atomic E-state index is 13.4. The van der Waals surface area contributed by atoms with Crippen LogP contribution in [0.5, 0.6) is 5.75 Å². The number of methoxy groups -OCH3 is 1. The van der Waals surface area contributed by atoms with Crippen molar-refractivity contribution < 1.29 is 13.9 Å². The molecule has 0 atom stereocenters. The average Bonchev–Trinajstić information content (AvgIpc) is 3.19. The van der Waals surface area contributed by atoms with E-state index in [1.165, 1.54) is 42.6 Å². The highest BCUT2D eigenvalue weighted by Crippen LogP contribution is 2.24. The first-order valence-corrected chi connectivity index (χ1v) is 11.0. The Bertz CT molecular complexity index is 1450. The largest absolute Gasteiger partial charge is 0.497 e. The standard InChI is InChI=1S/C23H21FN4O4S/c1-26-20-19(21(30)27(2)23(26)31)28(12-14-4-8-16(24)9-5-14)22(25-20)33-13-18(29)15-6-10-17(32-3)11-7-15/h4-11H,12-13H2,1-3H3. The van der Waals surface area contributed by atoms with Crippen LogP contribution in [0.15, 0.2) is 63.3 Å². The molecule has 8 nitrogen and oxygen atoms in total. The van der Waals surface area contributed by atoms with E-state index in [0.717, 1.165) is 10.1 Å². The topological polar surface area (TPSA) is 88.1 Å². The molecule has 0 saturated carbocycles. The fraction of sp³-hybridized carbons (Fsp3) is 0.217. The van der Waals surface area contributed by atoms with Crippen molar-refractivity contribution in [3.63, 3.8) is 0 Å². The van der Waals surface area contributed by atoms with Crippen molar-refractivity contribution in [2.45, 2.75) is 11.7 Å². The molecule has 2 aromatic heterocycles. The summed E-state index contributed by atoms with van der Waals surface area (Å²) in [5.74, 6) is 0.238. The van der Waals surface area contributed by atoms with E-state index in [1.54, 1.807) is 48.1 Å². The Balaban J connectivity index is 1.74. The van der Waals surface area contributed by atoms with E-state index in [4.69, 9.17) is 4.74 Å². The van der Waals surface area contributed by atoms with Gasteiger partial charge in [0.15, 0.2) is 22.1 Å². The lowest BCUT2D eigenvalue weighted by Crippen LogP contribution is -2.37. The number of halogens is 1. The molecule has 0 saturated heterocycles. The van der Waals surface area contributed by atoms with E-state index in [0.29, 0.717) is 16.5 Å². The van der Waals surface area contributed by atoms with E-state index in [9.17, 15) is 18.8 Å². The van der Waals surface area contributed by atoms with Crippen LogP contribution in [0.1, 0.15) is 15.9 Å². The predicted molar refractivity (Wildman–Crippen MR) is 124 cm³/mol. The lowest BCUT2D eigenvalue weighted by molar-refractivity contribution is 0.102. The molecule has 0 radical (unpaired) electrons. The Labute approximate surface area is 192 Å². The van der Waals surface area contributed by atoms with Crippen LogP contribution in [-0.4, -0.2) is 37.3 Å². The van der Waals surface area contributed by atoms with Crippen LogP contribution in [0.2, 0.25) is 0 Å². The molecule has 0 unspecified atom stereocenters. The number of hydrogen-bond donors (Lipinski definition) is 0. The minimum Gasteiger partial charge on any atom is -0.497 e. The number of imidazole rings is 1. The van der Waals surface area contributed by atoms with Crippen LogP contribution in [0, 0.1) is 5.82 Å². The van der Waals surface area contributed by atoms with Crippen molar-refractivity contribution in [3.05, 3.63) is 86.3 Å². The third-order valence-electron chi connectivity index (χ3n) is 5.31. The number of carbonyl (C=O) groups excluding carboxylic acids is 1. The van der Waals surface area contributed by atoms with Gasteiger partial charge in [0, 0.05) is 19.7 Å². The van der Waals surface area contributed by atoms with Crippen molar-refractivity contribution in [1.29, 1.82) is 0 Å². The molecule has 4 rings (SSSR count). The van der Waals surface area contributed by atoms with Crippen LogP contribution in [0.4, 0.5) is 4.39 Å². The fourth-order valence-electron chi connectivity index (χ4n) is 3.45. The van der Waals surface area contributed by atoms with Gasteiger partial charge in [0.1, 0.15) is 11.6 Å². The number of Topliss-reactive ketones (excluding diaryl/α,β-unsaturated/α-hetero) is 1. The number of thioether (sulfide) groups is 1. The monoisotopic (exact) mass is 468 g/mol. The second kappa shape index (κ2) is 9.07. The zero-order chi connectivity index (χ0) is 23.7. The molecule has 2 aromatic carbocycles. The quantitative estimate of drug-likeness (QED) is 0.306. The Hall–Kier alpha value is -3.66. The Morgan fingerprint density at radius 2 is 1.70 bits per heavy atom. The second-order valence-electron chi connectivity index (χ2n) is 7.43. The Kier molecular flexibility index (Phi) is 6.19.